The van der Waals surface area contributed by atoms with Crippen LogP contribution in [-0.4, -0.2) is 64.0 Å². The van der Waals surface area contributed by atoms with Gasteiger partial charge in [-0.15, -0.1) is 0 Å². The molecule has 0 aliphatic rings. The second-order valence-electron chi connectivity index (χ2n) is 8.34. The van der Waals surface area contributed by atoms with E-state index < -0.39 is 53.8 Å². The lowest BCUT2D eigenvalue weighted by Crippen LogP contribution is -2.57. The van der Waals surface area contributed by atoms with Crippen LogP contribution in [0.4, 0.5) is 0 Å². The van der Waals surface area contributed by atoms with Crippen LogP contribution >= 0.6 is 0 Å². The number of benzene rings is 1. The highest BCUT2D eigenvalue weighted by atomic mass is 16.4. The highest BCUT2D eigenvalue weighted by molar-refractivity contribution is 5.94. The molecule has 9 N–H and O–H groups in total. The van der Waals surface area contributed by atoms with E-state index in [9.17, 15) is 34.2 Å². The number of carbonyl (C=O) groups is 5. The predicted octanol–water partition coefficient (Wildman–Crippen LogP) is -1.26. The summed E-state index contributed by atoms with van der Waals surface area (Å²) in [6.45, 7) is 4.64. The summed E-state index contributed by atoms with van der Waals surface area (Å²) in [7, 11) is 0. The molecule has 0 aliphatic carbocycles. The lowest BCUT2D eigenvalue weighted by atomic mass is 10.0. The van der Waals surface area contributed by atoms with Crippen molar-refractivity contribution in [2.45, 2.75) is 64.2 Å². The summed E-state index contributed by atoms with van der Waals surface area (Å²) in [5.74, 6) is -4.29. The summed E-state index contributed by atoms with van der Waals surface area (Å²) < 4.78 is 0. The van der Waals surface area contributed by atoms with Crippen LogP contribution in [0.25, 0.3) is 0 Å². The van der Waals surface area contributed by atoms with Gasteiger partial charge in [0.1, 0.15) is 23.9 Å². The van der Waals surface area contributed by atoms with Crippen molar-refractivity contribution in [2.24, 2.45) is 17.4 Å². The number of nitrogens with one attached hydrogen (secondary N) is 3. The first kappa shape index (κ1) is 28.4. The van der Waals surface area contributed by atoms with Gasteiger partial charge in [0.15, 0.2) is 0 Å². The van der Waals surface area contributed by atoms with Gasteiger partial charge in [0, 0.05) is 12.8 Å². The summed E-state index contributed by atoms with van der Waals surface area (Å²) in [5, 5.41) is 26.1. The highest BCUT2D eigenvalue weighted by Gasteiger charge is 2.29. The van der Waals surface area contributed by atoms with Crippen molar-refractivity contribution < 1.29 is 34.2 Å². The normalized spacial score (nSPS) is 14.4. The summed E-state index contributed by atoms with van der Waals surface area (Å²) >= 11 is 0. The van der Waals surface area contributed by atoms with Crippen LogP contribution < -0.4 is 27.4 Å². The molecule has 4 atom stereocenters. The molecule has 1 rings (SSSR count). The summed E-state index contributed by atoms with van der Waals surface area (Å²) in [6, 6.07) is 1.48. The molecule has 0 radical (unpaired) electrons. The van der Waals surface area contributed by atoms with Crippen LogP contribution in [0, 0.1) is 5.92 Å². The molecule has 0 saturated heterocycles. The number of carboxylic acids is 1. The van der Waals surface area contributed by atoms with E-state index in [1.165, 1.54) is 19.1 Å². The molecule has 1 aromatic rings. The fourth-order valence-corrected chi connectivity index (χ4v) is 2.96. The third kappa shape index (κ3) is 9.45. The van der Waals surface area contributed by atoms with Crippen LogP contribution in [-0.2, 0) is 30.4 Å². The smallest absolute Gasteiger partial charge is 0.326 e. The predicted molar refractivity (Wildman–Crippen MR) is 122 cm³/mol. The Morgan fingerprint density at radius 3 is 2.00 bits per heavy atom. The number of carboxylic acid groups (broad SMARTS) is 1. The van der Waals surface area contributed by atoms with Crippen LogP contribution in [0.1, 0.15) is 39.2 Å². The Balaban J connectivity index is 2.94. The van der Waals surface area contributed by atoms with Gasteiger partial charge in [-0.3, -0.25) is 19.2 Å². The molecule has 0 spiro atoms. The fraction of sp³-hybridized carbons (Fsp3) is 0.500. The SMILES string of the molecule is CC(NC(=O)C(Cc1ccc(O)cc1)NC(=O)C(N)CCC(N)=O)C(=O)NC(C(=O)O)C(C)C. The number of hydrogen-bond acceptors (Lipinski definition) is 7. The Hall–Kier alpha value is -3.67. The highest BCUT2D eigenvalue weighted by Crippen LogP contribution is 2.12. The largest absolute Gasteiger partial charge is 0.508 e. The molecular weight excluding hydrogens is 446 g/mol. The minimum absolute atomic E-state index is 0.0124. The van der Waals surface area contributed by atoms with Crippen molar-refractivity contribution in [2.75, 3.05) is 0 Å². The van der Waals surface area contributed by atoms with E-state index in [1.807, 2.05) is 0 Å². The number of hydrogen-bond donors (Lipinski definition) is 7. The Morgan fingerprint density at radius 1 is 0.912 bits per heavy atom. The molecule has 12 nitrogen and oxygen atoms in total. The Bertz CT molecular complexity index is 888. The number of carbonyl (C=O) groups excluding carboxylic acids is 4. The van der Waals surface area contributed by atoms with E-state index in [0.717, 1.165) is 0 Å². The second kappa shape index (κ2) is 13.1. The van der Waals surface area contributed by atoms with Crippen LogP contribution in [0.15, 0.2) is 24.3 Å². The number of phenols is 1. The number of primary amides is 1. The lowest BCUT2D eigenvalue weighted by Gasteiger charge is -2.24. The molecule has 0 heterocycles. The molecule has 0 aliphatic heterocycles. The molecule has 0 saturated carbocycles. The average Bonchev–Trinajstić information content (AvgIpc) is 2.75. The van der Waals surface area contributed by atoms with Gasteiger partial charge in [0.25, 0.3) is 0 Å². The number of nitrogens with two attached hydrogens (primary N) is 2. The zero-order valence-electron chi connectivity index (χ0n) is 19.4. The van der Waals surface area contributed by atoms with Gasteiger partial charge in [-0.1, -0.05) is 26.0 Å². The van der Waals surface area contributed by atoms with E-state index in [-0.39, 0.29) is 30.9 Å². The topological polar surface area (TPSA) is 214 Å². The number of amides is 4. The van der Waals surface area contributed by atoms with Gasteiger partial charge < -0.3 is 37.6 Å². The van der Waals surface area contributed by atoms with Crippen molar-refractivity contribution in [3.05, 3.63) is 29.8 Å². The molecule has 0 fully saturated rings. The minimum Gasteiger partial charge on any atom is -0.508 e. The number of aliphatic carboxylic acids is 1. The molecule has 4 amide bonds. The number of aromatic hydroxyl groups is 1. The summed E-state index contributed by atoms with van der Waals surface area (Å²) in [5.41, 5.74) is 11.5. The van der Waals surface area contributed by atoms with E-state index in [4.69, 9.17) is 11.5 Å². The van der Waals surface area contributed by atoms with Gasteiger partial charge in [-0.2, -0.15) is 0 Å². The first-order valence-corrected chi connectivity index (χ1v) is 10.8. The Kier molecular flexibility index (Phi) is 11.0. The molecule has 0 bridgehead atoms. The first-order valence-electron chi connectivity index (χ1n) is 10.8. The van der Waals surface area contributed by atoms with Gasteiger partial charge in [-0.05, 0) is 37.0 Å². The van der Waals surface area contributed by atoms with Crippen molar-refractivity contribution in [1.82, 2.24) is 16.0 Å². The van der Waals surface area contributed by atoms with E-state index in [0.29, 0.717) is 5.56 Å². The Morgan fingerprint density at radius 2 is 1.50 bits per heavy atom. The first-order chi connectivity index (χ1) is 15.8. The van der Waals surface area contributed by atoms with E-state index in [2.05, 4.69) is 16.0 Å². The van der Waals surface area contributed by atoms with Crippen molar-refractivity contribution in [3.63, 3.8) is 0 Å². The van der Waals surface area contributed by atoms with Gasteiger partial charge in [-0.25, -0.2) is 4.79 Å². The molecule has 188 valence electrons. The molecular formula is C22H33N5O7. The van der Waals surface area contributed by atoms with E-state index in [1.54, 1.807) is 26.0 Å². The molecule has 12 heteroatoms. The maximum atomic E-state index is 12.9. The van der Waals surface area contributed by atoms with Crippen molar-refractivity contribution >= 4 is 29.6 Å². The monoisotopic (exact) mass is 479 g/mol. The average molecular weight is 480 g/mol. The zero-order valence-corrected chi connectivity index (χ0v) is 19.4. The third-order valence-electron chi connectivity index (χ3n) is 5.03. The van der Waals surface area contributed by atoms with E-state index >= 15 is 0 Å². The van der Waals surface area contributed by atoms with Gasteiger partial charge in [0.05, 0.1) is 6.04 Å². The zero-order chi connectivity index (χ0) is 26.0. The van der Waals surface area contributed by atoms with Crippen LogP contribution in [0.3, 0.4) is 0 Å². The van der Waals surface area contributed by atoms with Crippen LogP contribution in [0.2, 0.25) is 0 Å². The lowest BCUT2D eigenvalue weighted by molar-refractivity contribution is -0.143. The minimum atomic E-state index is -1.20. The maximum absolute atomic E-state index is 12.9. The number of phenolic OH excluding ortho intramolecular Hbond substituents is 1. The molecule has 34 heavy (non-hydrogen) atoms. The maximum Gasteiger partial charge on any atom is 0.326 e. The molecule has 4 unspecified atom stereocenters. The second-order valence-corrected chi connectivity index (χ2v) is 8.34. The van der Waals surface area contributed by atoms with Crippen molar-refractivity contribution in [1.29, 1.82) is 0 Å². The summed E-state index contributed by atoms with van der Waals surface area (Å²) in [6.07, 6.45) is -0.112. The standard InChI is InChI=1S/C22H33N5O7/c1-11(2)18(22(33)34)27-19(30)12(3)25-21(32)16(10-13-4-6-14(28)7-5-13)26-20(31)15(23)8-9-17(24)29/h4-7,11-12,15-16,18,28H,8-10,23H2,1-3H3,(H2,24,29)(H,25,32)(H,26,31)(H,27,30)(H,33,34). The van der Waals surface area contributed by atoms with Crippen molar-refractivity contribution in [3.8, 4) is 5.75 Å². The quantitative estimate of drug-likeness (QED) is 0.181. The molecule has 0 aromatic heterocycles. The van der Waals surface area contributed by atoms with Gasteiger partial charge in [0.2, 0.25) is 23.6 Å². The number of rotatable bonds is 13. The van der Waals surface area contributed by atoms with Crippen LogP contribution in [0.5, 0.6) is 5.75 Å². The fourth-order valence-electron chi connectivity index (χ4n) is 2.96. The Labute approximate surface area is 197 Å². The summed E-state index contributed by atoms with van der Waals surface area (Å²) in [4.78, 5) is 60.1. The third-order valence-corrected chi connectivity index (χ3v) is 5.03. The van der Waals surface area contributed by atoms with Gasteiger partial charge >= 0.3 is 5.97 Å². The molecule has 1 aromatic carbocycles.